The van der Waals surface area contributed by atoms with Crippen molar-refractivity contribution in [3.8, 4) is 11.1 Å². The zero-order chi connectivity index (χ0) is 27.4. The van der Waals surface area contributed by atoms with E-state index in [1.165, 1.54) is 12.1 Å². The van der Waals surface area contributed by atoms with Gasteiger partial charge in [-0.1, -0.05) is 69.0 Å². The van der Waals surface area contributed by atoms with Gasteiger partial charge in [0.2, 0.25) is 10.0 Å². The lowest BCUT2D eigenvalue weighted by Gasteiger charge is -2.23. The number of aliphatic hydroxyl groups excluding tert-OH is 1. The summed E-state index contributed by atoms with van der Waals surface area (Å²) in [6.45, 7) is 7.62. The molecule has 0 aromatic heterocycles. The standard InChI is InChI=1S/C28H30N4O5S/c1-17(2)25(28(34)35)32-38(36,37)22-13-11-20(12-14-22)21-8-6-7-19(15-21)16-29-27(33)26-30-18(3)23-9-4-5-10-24(23)31-26/h4-15,17,25,28,32,34-35H,3,16H2,1-2H3,(H,29,33)(H,30,31). The summed E-state index contributed by atoms with van der Waals surface area (Å²) in [5.74, 6) is -0.507. The van der Waals surface area contributed by atoms with E-state index in [-0.39, 0.29) is 29.1 Å². The van der Waals surface area contributed by atoms with Crippen LogP contribution in [0, 0.1) is 5.92 Å². The van der Waals surface area contributed by atoms with Crippen molar-refractivity contribution in [2.75, 3.05) is 0 Å². The number of benzene rings is 3. The topological polar surface area (TPSA) is 140 Å². The summed E-state index contributed by atoms with van der Waals surface area (Å²) in [5.41, 5.74) is 4.60. The Morgan fingerprint density at radius 3 is 2.39 bits per heavy atom. The maximum atomic E-state index is 12.7. The first kappa shape index (κ1) is 27.2. The van der Waals surface area contributed by atoms with Crippen LogP contribution in [0.15, 0.2) is 89.3 Å². The third kappa shape index (κ3) is 6.17. The second-order valence-electron chi connectivity index (χ2n) is 9.29. The van der Waals surface area contributed by atoms with Gasteiger partial charge in [-0.15, -0.1) is 0 Å². The van der Waals surface area contributed by atoms with E-state index in [2.05, 4.69) is 26.9 Å². The minimum atomic E-state index is -3.95. The normalized spacial score (nSPS) is 14.1. The second-order valence-corrected chi connectivity index (χ2v) is 11.0. The van der Waals surface area contributed by atoms with Crippen molar-refractivity contribution in [1.29, 1.82) is 0 Å². The van der Waals surface area contributed by atoms with Gasteiger partial charge in [-0.05, 0) is 46.9 Å². The number of carbonyl (C=O) groups is 1. The SMILES string of the molecule is C=C1NC(C(=O)NCc2cccc(-c3ccc(S(=O)(=O)NC(C(C)C)C(O)O)cc3)c2)=Nc2ccccc21. The fraction of sp³-hybridized carbons (Fsp3) is 0.214. The van der Waals surface area contributed by atoms with Gasteiger partial charge in [0.05, 0.1) is 16.6 Å². The number of para-hydroxylation sites is 1. The molecule has 4 rings (SSSR count). The van der Waals surface area contributed by atoms with Gasteiger partial charge in [0.1, 0.15) is 0 Å². The van der Waals surface area contributed by atoms with E-state index >= 15 is 0 Å². The molecule has 0 saturated carbocycles. The Hall–Kier alpha value is -3.83. The highest BCUT2D eigenvalue weighted by Crippen LogP contribution is 2.27. The smallest absolute Gasteiger partial charge is 0.287 e. The molecule has 3 aromatic rings. The predicted octanol–water partition coefficient (Wildman–Crippen LogP) is 2.89. The number of rotatable bonds is 9. The van der Waals surface area contributed by atoms with Crippen LogP contribution in [0.3, 0.4) is 0 Å². The number of amidine groups is 1. The Bertz CT molecular complexity index is 1470. The van der Waals surface area contributed by atoms with E-state index < -0.39 is 22.4 Å². The molecule has 1 aliphatic heterocycles. The molecule has 1 unspecified atom stereocenters. The molecule has 1 aliphatic rings. The van der Waals surface area contributed by atoms with Gasteiger partial charge in [-0.2, -0.15) is 0 Å². The monoisotopic (exact) mass is 534 g/mol. The Kier molecular flexibility index (Phi) is 8.08. The van der Waals surface area contributed by atoms with Crippen LogP contribution in [0.1, 0.15) is 25.0 Å². The zero-order valence-corrected chi connectivity index (χ0v) is 21.9. The number of fused-ring (bicyclic) bond motifs is 1. The first-order valence-corrected chi connectivity index (χ1v) is 13.5. The number of sulfonamides is 1. The number of aliphatic imine (C=N–C) groups is 1. The lowest BCUT2D eigenvalue weighted by Crippen LogP contribution is -2.46. The highest BCUT2D eigenvalue weighted by atomic mass is 32.2. The molecule has 198 valence electrons. The number of hydrogen-bond donors (Lipinski definition) is 5. The molecule has 3 aromatic carbocycles. The van der Waals surface area contributed by atoms with Gasteiger partial charge < -0.3 is 20.8 Å². The van der Waals surface area contributed by atoms with E-state index in [0.717, 1.165) is 22.3 Å². The lowest BCUT2D eigenvalue weighted by atomic mass is 10.0. The molecule has 0 saturated heterocycles. The third-order valence-electron chi connectivity index (χ3n) is 6.15. The molecule has 10 heteroatoms. The van der Waals surface area contributed by atoms with Crippen LogP contribution in [-0.4, -0.2) is 42.7 Å². The summed E-state index contributed by atoms with van der Waals surface area (Å²) in [7, 11) is -3.95. The minimum Gasteiger partial charge on any atom is -0.367 e. The number of nitrogens with zero attached hydrogens (tertiary/aromatic N) is 1. The number of hydrogen-bond acceptors (Lipinski definition) is 7. The molecule has 38 heavy (non-hydrogen) atoms. The molecular weight excluding hydrogens is 504 g/mol. The number of nitrogens with one attached hydrogen (secondary N) is 3. The Morgan fingerprint density at radius 2 is 1.71 bits per heavy atom. The van der Waals surface area contributed by atoms with E-state index in [0.29, 0.717) is 11.4 Å². The minimum absolute atomic E-state index is 0.0138. The van der Waals surface area contributed by atoms with Crippen LogP contribution in [0.2, 0.25) is 0 Å². The van der Waals surface area contributed by atoms with Gasteiger partial charge in [0.15, 0.2) is 12.1 Å². The van der Waals surface area contributed by atoms with Crippen molar-refractivity contribution in [1.82, 2.24) is 15.4 Å². The highest BCUT2D eigenvalue weighted by molar-refractivity contribution is 7.89. The van der Waals surface area contributed by atoms with E-state index in [1.807, 2.05) is 48.5 Å². The van der Waals surface area contributed by atoms with Crippen LogP contribution < -0.4 is 15.4 Å². The van der Waals surface area contributed by atoms with Gasteiger partial charge in [0, 0.05) is 17.8 Å². The number of amides is 1. The molecule has 1 heterocycles. The van der Waals surface area contributed by atoms with Gasteiger partial charge in [0.25, 0.3) is 5.91 Å². The third-order valence-corrected chi connectivity index (χ3v) is 7.63. The first-order chi connectivity index (χ1) is 18.0. The summed E-state index contributed by atoms with van der Waals surface area (Å²) in [6, 6.07) is 20.2. The van der Waals surface area contributed by atoms with Gasteiger partial charge >= 0.3 is 0 Å². The molecule has 1 amide bonds. The summed E-state index contributed by atoms with van der Waals surface area (Å²) in [5, 5.41) is 24.8. The van der Waals surface area contributed by atoms with Crippen molar-refractivity contribution in [3.05, 3.63) is 90.5 Å². The lowest BCUT2D eigenvalue weighted by molar-refractivity contribution is -0.115. The van der Waals surface area contributed by atoms with Crippen molar-refractivity contribution in [2.45, 2.75) is 37.6 Å². The molecule has 0 spiro atoms. The van der Waals surface area contributed by atoms with Crippen LogP contribution >= 0.6 is 0 Å². The van der Waals surface area contributed by atoms with E-state index in [4.69, 9.17) is 0 Å². The van der Waals surface area contributed by atoms with Gasteiger partial charge in [-0.3, -0.25) is 4.79 Å². The van der Waals surface area contributed by atoms with Crippen molar-refractivity contribution < 1.29 is 23.4 Å². The second kappa shape index (κ2) is 11.3. The Morgan fingerprint density at radius 1 is 1.00 bits per heavy atom. The number of carbonyl (C=O) groups excluding carboxylic acids is 1. The fourth-order valence-corrected chi connectivity index (χ4v) is 5.42. The number of aliphatic hydroxyl groups is 2. The quantitative estimate of drug-likeness (QED) is 0.268. The van der Waals surface area contributed by atoms with E-state index in [9.17, 15) is 23.4 Å². The molecule has 0 radical (unpaired) electrons. The fourth-order valence-electron chi connectivity index (χ4n) is 4.03. The average Bonchev–Trinajstić information content (AvgIpc) is 2.90. The van der Waals surface area contributed by atoms with Crippen LogP contribution in [0.4, 0.5) is 5.69 Å². The molecule has 0 fully saturated rings. The summed E-state index contributed by atoms with van der Waals surface area (Å²) in [4.78, 5) is 17.1. The van der Waals surface area contributed by atoms with Crippen LogP contribution in [0.25, 0.3) is 16.8 Å². The largest absolute Gasteiger partial charge is 0.367 e. The average molecular weight is 535 g/mol. The maximum absolute atomic E-state index is 12.7. The highest BCUT2D eigenvalue weighted by Gasteiger charge is 2.27. The Balaban J connectivity index is 1.44. The molecular formula is C28H30N4O5S. The Labute approximate surface area is 222 Å². The predicted molar refractivity (Wildman–Crippen MR) is 147 cm³/mol. The van der Waals surface area contributed by atoms with Gasteiger partial charge in [-0.25, -0.2) is 18.1 Å². The summed E-state index contributed by atoms with van der Waals surface area (Å²) < 4.78 is 27.8. The van der Waals surface area contributed by atoms with Crippen molar-refractivity contribution in [2.24, 2.45) is 10.9 Å². The molecule has 0 bridgehead atoms. The molecule has 5 N–H and O–H groups in total. The molecule has 1 atom stereocenters. The van der Waals surface area contributed by atoms with Crippen LogP contribution in [0.5, 0.6) is 0 Å². The molecule has 0 aliphatic carbocycles. The summed E-state index contributed by atoms with van der Waals surface area (Å²) in [6.07, 6.45) is -1.82. The van der Waals surface area contributed by atoms with Crippen LogP contribution in [-0.2, 0) is 21.4 Å². The summed E-state index contributed by atoms with van der Waals surface area (Å²) >= 11 is 0. The maximum Gasteiger partial charge on any atom is 0.287 e. The van der Waals surface area contributed by atoms with Crippen molar-refractivity contribution >= 4 is 33.2 Å². The zero-order valence-electron chi connectivity index (χ0n) is 21.0. The molecule has 9 nitrogen and oxygen atoms in total. The van der Waals surface area contributed by atoms with Crippen molar-refractivity contribution in [3.63, 3.8) is 0 Å². The van der Waals surface area contributed by atoms with E-state index in [1.54, 1.807) is 26.0 Å². The first-order valence-electron chi connectivity index (χ1n) is 12.1.